The van der Waals surface area contributed by atoms with E-state index in [1.165, 1.54) is 0 Å². The predicted octanol–water partition coefficient (Wildman–Crippen LogP) is 1.47. The SMILES string of the molecule is OCc1cc(N2CCOCC2)nc(-c2ccccc2)n1. The molecule has 20 heavy (non-hydrogen) atoms. The molecule has 1 N–H and O–H groups in total. The van der Waals surface area contributed by atoms with Crippen molar-refractivity contribution in [3.63, 3.8) is 0 Å². The van der Waals surface area contributed by atoms with Gasteiger partial charge >= 0.3 is 0 Å². The summed E-state index contributed by atoms with van der Waals surface area (Å²) in [5.74, 6) is 1.50. The Hall–Kier alpha value is -1.98. The number of aliphatic hydroxyl groups excluding tert-OH is 1. The molecule has 1 aliphatic rings. The highest BCUT2D eigenvalue weighted by Gasteiger charge is 2.15. The van der Waals surface area contributed by atoms with Gasteiger partial charge in [0.1, 0.15) is 5.82 Å². The average Bonchev–Trinajstić information content (AvgIpc) is 2.56. The Labute approximate surface area is 117 Å². The monoisotopic (exact) mass is 271 g/mol. The fourth-order valence-corrected chi connectivity index (χ4v) is 2.23. The van der Waals surface area contributed by atoms with Crippen molar-refractivity contribution in [2.24, 2.45) is 0 Å². The first-order chi connectivity index (χ1) is 9.86. The summed E-state index contributed by atoms with van der Waals surface area (Å²) >= 11 is 0. The third-order valence-corrected chi connectivity index (χ3v) is 3.29. The molecule has 0 unspecified atom stereocenters. The zero-order chi connectivity index (χ0) is 13.8. The molecular weight excluding hydrogens is 254 g/mol. The van der Waals surface area contributed by atoms with E-state index in [0.717, 1.165) is 24.5 Å². The fraction of sp³-hybridized carbons (Fsp3) is 0.333. The maximum Gasteiger partial charge on any atom is 0.161 e. The lowest BCUT2D eigenvalue weighted by molar-refractivity contribution is 0.122. The molecule has 5 nitrogen and oxygen atoms in total. The van der Waals surface area contributed by atoms with Gasteiger partial charge in [0, 0.05) is 24.7 Å². The Morgan fingerprint density at radius 2 is 1.85 bits per heavy atom. The van der Waals surface area contributed by atoms with Crippen molar-refractivity contribution >= 4 is 5.82 Å². The summed E-state index contributed by atoms with van der Waals surface area (Å²) in [6.07, 6.45) is 0. The Kier molecular flexibility index (Phi) is 3.90. The van der Waals surface area contributed by atoms with Crippen LogP contribution < -0.4 is 4.90 Å². The summed E-state index contributed by atoms with van der Waals surface area (Å²) in [5.41, 5.74) is 1.60. The van der Waals surface area contributed by atoms with Crippen molar-refractivity contribution in [1.29, 1.82) is 0 Å². The van der Waals surface area contributed by atoms with Gasteiger partial charge in [-0.3, -0.25) is 0 Å². The van der Waals surface area contributed by atoms with E-state index in [9.17, 15) is 5.11 Å². The van der Waals surface area contributed by atoms with Crippen LogP contribution in [0, 0.1) is 0 Å². The predicted molar refractivity (Wildman–Crippen MR) is 76.4 cm³/mol. The Bertz CT molecular complexity index is 569. The van der Waals surface area contributed by atoms with Crippen LogP contribution >= 0.6 is 0 Å². The molecule has 0 spiro atoms. The lowest BCUT2D eigenvalue weighted by atomic mass is 10.2. The molecule has 1 aromatic carbocycles. The van der Waals surface area contributed by atoms with Crippen LogP contribution in [0.5, 0.6) is 0 Å². The van der Waals surface area contributed by atoms with Gasteiger partial charge in [-0.1, -0.05) is 30.3 Å². The highest BCUT2D eigenvalue weighted by Crippen LogP contribution is 2.20. The molecule has 0 aliphatic carbocycles. The number of ether oxygens (including phenoxy) is 1. The van der Waals surface area contributed by atoms with Gasteiger partial charge in [-0.25, -0.2) is 9.97 Å². The third-order valence-electron chi connectivity index (χ3n) is 3.29. The summed E-state index contributed by atoms with van der Waals surface area (Å²) in [6, 6.07) is 11.7. The Morgan fingerprint density at radius 3 is 2.55 bits per heavy atom. The zero-order valence-electron chi connectivity index (χ0n) is 11.2. The van der Waals surface area contributed by atoms with Crippen LogP contribution in [0.4, 0.5) is 5.82 Å². The molecule has 5 heteroatoms. The number of aliphatic hydroxyl groups is 1. The summed E-state index contributed by atoms with van der Waals surface area (Å²) in [4.78, 5) is 11.2. The van der Waals surface area contributed by atoms with Gasteiger partial charge in [-0.15, -0.1) is 0 Å². The smallest absolute Gasteiger partial charge is 0.161 e. The van der Waals surface area contributed by atoms with Crippen molar-refractivity contribution in [3.8, 4) is 11.4 Å². The van der Waals surface area contributed by atoms with Crippen molar-refractivity contribution in [2.45, 2.75) is 6.61 Å². The largest absolute Gasteiger partial charge is 0.390 e. The first-order valence-electron chi connectivity index (χ1n) is 6.74. The van der Waals surface area contributed by atoms with E-state index in [0.29, 0.717) is 24.7 Å². The quantitative estimate of drug-likeness (QED) is 0.916. The standard InChI is InChI=1S/C15H17N3O2/c19-11-13-10-14(18-6-8-20-9-7-18)17-15(16-13)12-4-2-1-3-5-12/h1-5,10,19H,6-9,11H2. The molecule has 0 bridgehead atoms. The number of hydrogen-bond acceptors (Lipinski definition) is 5. The molecule has 3 rings (SSSR count). The molecular formula is C15H17N3O2. The van der Waals surface area contributed by atoms with Crippen LogP contribution in [-0.2, 0) is 11.3 Å². The molecule has 2 aromatic rings. The molecule has 1 saturated heterocycles. The van der Waals surface area contributed by atoms with Gasteiger partial charge in [-0.2, -0.15) is 0 Å². The molecule has 0 amide bonds. The minimum atomic E-state index is -0.0836. The topological polar surface area (TPSA) is 58.5 Å². The van der Waals surface area contributed by atoms with Gasteiger partial charge < -0.3 is 14.7 Å². The van der Waals surface area contributed by atoms with Crippen LogP contribution in [0.1, 0.15) is 5.69 Å². The van der Waals surface area contributed by atoms with Gasteiger partial charge in [-0.05, 0) is 0 Å². The minimum absolute atomic E-state index is 0.0836. The second-order valence-electron chi connectivity index (χ2n) is 4.66. The second kappa shape index (κ2) is 5.98. The van der Waals surface area contributed by atoms with Gasteiger partial charge in [0.25, 0.3) is 0 Å². The number of anilines is 1. The maximum atomic E-state index is 9.40. The normalized spacial score (nSPS) is 15.3. The molecule has 1 aliphatic heterocycles. The van der Waals surface area contributed by atoms with E-state index in [1.54, 1.807) is 0 Å². The zero-order valence-corrected chi connectivity index (χ0v) is 11.2. The average molecular weight is 271 g/mol. The summed E-state index contributed by atoms with van der Waals surface area (Å²) < 4.78 is 5.36. The maximum absolute atomic E-state index is 9.40. The fourth-order valence-electron chi connectivity index (χ4n) is 2.23. The van der Waals surface area contributed by atoms with E-state index in [1.807, 2.05) is 36.4 Å². The van der Waals surface area contributed by atoms with E-state index in [-0.39, 0.29) is 6.61 Å². The molecule has 0 radical (unpaired) electrons. The molecule has 1 aromatic heterocycles. The number of nitrogens with zero attached hydrogens (tertiary/aromatic N) is 3. The number of rotatable bonds is 3. The summed E-state index contributed by atoms with van der Waals surface area (Å²) in [6.45, 7) is 2.96. The van der Waals surface area contributed by atoms with Crippen molar-refractivity contribution in [1.82, 2.24) is 9.97 Å². The molecule has 0 atom stereocenters. The Morgan fingerprint density at radius 1 is 1.10 bits per heavy atom. The second-order valence-corrected chi connectivity index (χ2v) is 4.66. The van der Waals surface area contributed by atoms with Crippen LogP contribution in [0.2, 0.25) is 0 Å². The minimum Gasteiger partial charge on any atom is -0.390 e. The third kappa shape index (κ3) is 2.79. The van der Waals surface area contributed by atoms with E-state index in [2.05, 4.69) is 14.9 Å². The summed E-state index contributed by atoms with van der Waals surface area (Å²) in [5, 5.41) is 9.40. The highest BCUT2D eigenvalue weighted by molar-refractivity contribution is 5.58. The molecule has 1 fully saturated rings. The lowest BCUT2D eigenvalue weighted by Gasteiger charge is -2.28. The van der Waals surface area contributed by atoms with Gasteiger partial charge in [0.05, 0.1) is 25.5 Å². The molecule has 0 saturated carbocycles. The van der Waals surface area contributed by atoms with Crippen LogP contribution in [0.3, 0.4) is 0 Å². The number of benzene rings is 1. The number of aromatic nitrogens is 2. The Balaban J connectivity index is 1.98. The molecule has 2 heterocycles. The van der Waals surface area contributed by atoms with Crippen molar-refractivity contribution in [2.75, 3.05) is 31.2 Å². The van der Waals surface area contributed by atoms with Gasteiger partial charge in [0.2, 0.25) is 0 Å². The van der Waals surface area contributed by atoms with Crippen molar-refractivity contribution in [3.05, 3.63) is 42.1 Å². The first-order valence-corrected chi connectivity index (χ1v) is 6.74. The van der Waals surface area contributed by atoms with E-state index >= 15 is 0 Å². The lowest BCUT2D eigenvalue weighted by Crippen LogP contribution is -2.37. The van der Waals surface area contributed by atoms with E-state index < -0.39 is 0 Å². The van der Waals surface area contributed by atoms with Crippen LogP contribution in [0.25, 0.3) is 11.4 Å². The van der Waals surface area contributed by atoms with Crippen molar-refractivity contribution < 1.29 is 9.84 Å². The number of hydrogen-bond donors (Lipinski definition) is 1. The molecule has 104 valence electrons. The van der Waals surface area contributed by atoms with E-state index in [4.69, 9.17) is 4.74 Å². The first kappa shape index (κ1) is 13.0. The van der Waals surface area contributed by atoms with Gasteiger partial charge in [0.15, 0.2) is 5.82 Å². The van der Waals surface area contributed by atoms with Crippen LogP contribution in [0.15, 0.2) is 36.4 Å². The van der Waals surface area contributed by atoms with Crippen LogP contribution in [-0.4, -0.2) is 41.4 Å². The highest BCUT2D eigenvalue weighted by atomic mass is 16.5. The number of morpholine rings is 1. The summed E-state index contributed by atoms with van der Waals surface area (Å²) in [7, 11) is 0.